The van der Waals surface area contributed by atoms with Gasteiger partial charge in [0.2, 0.25) is 0 Å². The molecule has 1 aliphatic heterocycles. The molecule has 1 saturated heterocycles. The molecule has 0 saturated carbocycles. The first kappa shape index (κ1) is 13.1. The van der Waals surface area contributed by atoms with E-state index in [0.717, 1.165) is 38.5 Å². The first-order valence-electron chi connectivity index (χ1n) is 6.92. The third-order valence-corrected chi connectivity index (χ3v) is 3.62. The minimum atomic E-state index is 0.811. The van der Waals surface area contributed by atoms with Crippen molar-refractivity contribution in [2.45, 2.75) is 6.54 Å². The van der Waals surface area contributed by atoms with Crippen molar-refractivity contribution in [1.29, 1.82) is 0 Å². The third kappa shape index (κ3) is 2.98. The fourth-order valence-corrected chi connectivity index (χ4v) is 2.56. The maximum Gasteiger partial charge on any atom is 0.0594 e. The number of nitrogens with zero attached hydrogens (tertiary/aromatic N) is 2. The molecule has 1 aromatic carbocycles. The van der Waals surface area contributed by atoms with Crippen molar-refractivity contribution < 1.29 is 4.74 Å². The van der Waals surface area contributed by atoms with Gasteiger partial charge in [-0.3, -0.25) is 9.88 Å². The normalized spacial score (nSPS) is 16.2. The van der Waals surface area contributed by atoms with Gasteiger partial charge in [0.15, 0.2) is 0 Å². The molecular weight excluding hydrogens is 250 g/mol. The molecule has 4 nitrogen and oxygen atoms in total. The Morgan fingerprint density at radius 3 is 2.60 bits per heavy atom. The van der Waals surface area contributed by atoms with Gasteiger partial charge in [-0.1, -0.05) is 6.07 Å². The van der Waals surface area contributed by atoms with Crippen LogP contribution in [0.4, 0.5) is 5.69 Å². The van der Waals surface area contributed by atoms with Gasteiger partial charge in [-0.25, -0.2) is 0 Å². The number of rotatable bonds is 3. The van der Waals surface area contributed by atoms with Gasteiger partial charge < -0.3 is 10.5 Å². The van der Waals surface area contributed by atoms with E-state index >= 15 is 0 Å². The monoisotopic (exact) mass is 269 g/mol. The number of ether oxygens (including phenoxy) is 1. The van der Waals surface area contributed by atoms with Crippen LogP contribution in [0.3, 0.4) is 0 Å². The largest absolute Gasteiger partial charge is 0.399 e. The molecule has 1 fully saturated rings. The highest BCUT2D eigenvalue weighted by molar-refractivity contribution is 5.69. The van der Waals surface area contributed by atoms with Crippen LogP contribution in [0.15, 0.2) is 42.7 Å². The molecule has 20 heavy (non-hydrogen) atoms. The molecule has 104 valence electrons. The molecule has 0 atom stereocenters. The lowest BCUT2D eigenvalue weighted by Crippen LogP contribution is -2.35. The van der Waals surface area contributed by atoms with E-state index in [1.165, 1.54) is 16.7 Å². The molecule has 2 N–H and O–H groups in total. The third-order valence-electron chi connectivity index (χ3n) is 3.62. The highest BCUT2D eigenvalue weighted by atomic mass is 16.5. The minimum Gasteiger partial charge on any atom is -0.399 e. The number of aromatic nitrogens is 1. The lowest BCUT2D eigenvalue weighted by Gasteiger charge is -2.27. The van der Waals surface area contributed by atoms with Gasteiger partial charge in [-0.15, -0.1) is 0 Å². The Morgan fingerprint density at radius 2 is 1.85 bits per heavy atom. The van der Waals surface area contributed by atoms with E-state index in [9.17, 15) is 0 Å². The van der Waals surface area contributed by atoms with E-state index in [-0.39, 0.29) is 0 Å². The van der Waals surface area contributed by atoms with Crippen molar-refractivity contribution in [1.82, 2.24) is 9.88 Å². The molecule has 0 aliphatic carbocycles. The maximum absolute atomic E-state index is 5.96. The molecule has 2 aromatic rings. The van der Waals surface area contributed by atoms with E-state index in [2.05, 4.69) is 22.0 Å². The van der Waals surface area contributed by atoms with Crippen LogP contribution in [0.5, 0.6) is 0 Å². The van der Waals surface area contributed by atoms with Crippen molar-refractivity contribution >= 4 is 5.69 Å². The van der Waals surface area contributed by atoms with Crippen molar-refractivity contribution in [3.05, 3.63) is 48.3 Å². The number of hydrogen-bond acceptors (Lipinski definition) is 4. The van der Waals surface area contributed by atoms with Crippen LogP contribution >= 0.6 is 0 Å². The van der Waals surface area contributed by atoms with E-state index in [1.807, 2.05) is 30.6 Å². The second-order valence-electron chi connectivity index (χ2n) is 5.04. The summed E-state index contributed by atoms with van der Waals surface area (Å²) in [6.45, 7) is 4.49. The van der Waals surface area contributed by atoms with Gasteiger partial charge in [0.1, 0.15) is 0 Å². The first-order chi connectivity index (χ1) is 9.83. The fourth-order valence-electron chi connectivity index (χ4n) is 2.56. The average molecular weight is 269 g/mol. The van der Waals surface area contributed by atoms with E-state index in [4.69, 9.17) is 10.5 Å². The summed E-state index contributed by atoms with van der Waals surface area (Å²) in [4.78, 5) is 6.49. The highest BCUT2D eigenvalue weighted by Crippen LogP contribution is 2.26. The number of nitrogen functional groups attached to an aromatic ring is 1. The van der Waals surface area contributed by atoms with Crippen LogP contribution in [-0.2, 0) is 11.3 Å². The Labute approximate surface area is 119 Å². The van der Waals surface area contributed by atoms with Gasteiger partial charge in [0, 0.05) is 37.7 Å². The molecular formula is C16H19N3O. The Hall–Kier alpha value is -1.91. The van der Waals surface area contributed by atoms with Crippen molar-refractivity contribution in [3.63, 3.8) is 0 Å². The van der Waals surface area contributed by atoms with Gasteiger partial charge in [-0.2, -0.15) is 0 Å². The molecule has 2 heterocycles. The summed E-state index contributed by atoms with van der Waals surface area (Å²) in [6.07, 6.45) is 3.65. The number of nitrogens with two attached hydrogens (primary N) is 1. The molecule has 0 unspecified atom stereocenters. The average Bonchev–Trinajstić information content (AvgIpc) is 2.49. The smallest absolute Gasteiger partial charge is 0.0594 e. The second-order valence-corrected chi connectivity index (χ2v) is 5.04. The summed E-state index contributed by atoms with van der Waals surface area (Å²) < 4.78 is 5.40. The molecule has 3 rings (SSSR count). The number of anilines is 1. The maximum atomic E-state index is 5.96. The van der Waals surface area contributed by atoms with Crippen LogP contribution in [0, 0.1) is 0 Å². The van der Waals surface area contributed by atoms with Crippen LogP contribution in [0.25, 0.3) is 11.1 Å². The van der Waals surface area contributed by atoms with Crippen molar-refractivity contribution in [2.75, 3.05) is 32.0 Å². The lowest BCUT2D eigenvalue weighted by molar-refractivity contribution is 0.0342. The first-order valence-corrected chi connectivity index (χ1v) is 6.92. The summed E-state index contributed by atoms with van der Waals surface area (Å²) in [5.41, 5.74) is 10.4. The molecule has 0 radical (unpaired) electrons. The lowest BCUT2D eigenvalue weighted by atomic mass is 9.99. The Kier molecular flexibility index (Phi) is 3.95. The Bertz CT molecular complexity index is 565. The molecule has 4 heteroatoms. The van der Waals surface area contributed by atoms with E-state index in [0.29, 0.717) is 0 Å². The highest BCUT2D eigenvalue weighted by Gasteiger charge is 2.13. The van der Waals surface area contributed by atoms with Gasteiger partial charge in [0.25, 0.3) is 0 Å². The zero-order valence-corrected chi connectivity index (χ0v) is 11.5. The quantitative estimate of drug-likeness (QED) is 0.868. The van der Waals surface area contributed by atoms with E-state index in [1.54, 1.807) is 0 Å². The molecule has 0 bridgehead atoms. The van der Waals surface area contributed by atoms with Crippen molar-refractivity contribution in [2.24, 2.45) is 0 Å². The summed E-state index contributed by atoms with van der Waals surface area (Å²) in [5, 5.41) is 0. The predicted molar refractivity (Wildman–Crippen MR) is 80.2 cm³/mol. The van der Waals surface area contributed by atoms with Gasteiger partial charge >= 0.3 is 0 Å². The standard InChI is InChI=1S/C16H19N3O/c17-15-1-2-16(13-3-5-18-6-4-13)14(11-15)12-19-7-9-20-10-8-19/h1-6,11H,7-10,12,17H2. The summed E-state index contributed by atoms with van der Waals surface area (Å²) >= 11 is 0. The Morgan fingerprint density at radius 1 is 1.10 bits per heavy atom. The van der Waals surface area contributed by atoms with Gasteiger partial charge in [0.05, 0.1) is 13.2 Å². The van der Waals surface area contributed by atoms with E-state index < -0.39 is 0 Å². The molecule has 0 amide bonds. The van der Waals surface area contributed by atoms with Crippen LogP contribution in [-0.4, -0.2) is 36.2 Å². The summed E-state index contributed by atoms with van der Waals surface area (Å²) in [6, 6.07) is 10.2. The minimum absolute atomic E-state index is 0.811. The van der Waals surface area contributed by atoms with Gasteiger partial charge in [-0.05, 0) is 41.0 Å². The number of morpholine rings is 1. The molecule has 1 aromatic heterocycles. The fraction of sp³-hybridized carbons (Fsp3) is 0.312. The van der Waals surface area contributed by atoms with Crippen LogP contribution in [0.1, 0.15) is 5.56 Å². The number of pyridine rings is 1. The number of benzene rings is 1. The second kappa shape index (κ2) is 6.03. The SMILES string of the molecule is Nc1ccc(-c2ccncc2)c(CN2CCOCC2)c1. The zero-order chi connectivity index (χ0) is 13.8. The zero-order valence-electron chi connectivity index (χ0n) is 11.5. The Balaban J connectivity index is 1.90. The van der Waals surface area contributed by atoms with Crippen LogP contribution in [0.2, 0.25) is 0 Å². The van der Waals surface area contributed by atoms with Crippen LogP contribution < -0.4 is 5.73 Å². The topological polar surface area (TPSA) is 51.4 Å². The summed E-state index contributed by atoms with van der Waals surface area (Å²) in [5.74, 6) is 0. The number of hydrogen-bond donors (Lipinski definition) is 1. The predicted octanol–water partition coefficient (Wildman–Crippen LogP) is 2.16. The molecule has 0 spiro atoms. The molecule has 1 aliphatic rings. The summed E-state index contributed by atoms with van der Waals surface area (Å²) in [7, 11) is 0. The van der Waals surface area contributed by atoms with Crippen molar-refractivity contribution in [3.8, 4) is 11.1 Å².